The Morgan fingerprint density at radius 2 is 1.40 bits per heavy atom. The molecule has 0 atom stereocenters. The van der Waals surface area contributed by atoms with Gasteiger partial charge in [-0.3, -0.25) is 0 Å². The molecule has 1 radical (unpaired) electrons. The predicted molar refractivity (Wildman–Crippen MR) is 172 cm³/mol. The van der Waals surface area contributed by atoms with E-state index in [1.807, 2.05) is 72.9 Å². The second kappa shape index (κ2) is 12.5. The molecule has 4 heteroatoms. The van der Waals surface area contributed by atoms with Crippen molar-refractivity contribution in [2.45, 2.75) is 6.92 Å². The van der Waals surface area contributed by atoms with Gasteiger partial charge in [-0.1, -0.05) is 83.2 Å². The summed E-state index contributed by atoms with van der Waals surface area (Å²) in [7, 11) is 0. The molecule has 0 aliphatic rings. The molecule has 0 fully saturated rings. The summed E-state index contributed by atoms with van der Waals surface area (Å²) in [6.07, 6.45) is 3.65. The van der Waals surface area contributed by atoms with Crippen LogP contribution in [0.1, 0.15) is 5.56 Å². The molecule has 0 N–H and O–H groups in total. The van der Waals surface area contributed by atoms with E-state index in [0.717, 1.165) is 50.0 Å². The number of para-hydroxylation sites is 1. The Labute approximate surface area is 264 Å². The normalized spacial score (nSPS) is 10.7. The van der Waals surface area contributed by atoms with Crippen LogP contribution in [-0.4, -0.2) is 9.97 Å². The van der Waals surface area contributed by atoms with Gasteiger partial charge in [0.05, 0.1) is 5.58 Å². The molecule has 0 unspecified atom stereocenters. The summed E-state index contributed by atoms with van der Waals surface area (Å²) in [5, 5.41) is 4.70. The monoisotopic (exact) mass is 731 g/mol. The van der Waals surface area contributed by atoms with Crippen molar-refractivity contribution in [1.29, 1.82) is 0 Å². The van der Waals surface area contributed by atoms with Gasteiger partial charge in [-0.25, -0.2) is 0 Å². The van der Waals surface area contributed by atoms with Gasteiger partial charge in [0.2, 0.25) is 0 Å². The van der Waals surface area contributed by atoms with Crippen molar-refractivity contribution >= 4 is 32.7 Å². The quantitative estimate of drug-likeness (QED) is 0.170. The Morgan fingerprint density at radius 3 is 2.26 bits per heavy atom. The topological polar surface area (TPSA) is 38.9 Å². The van der Waals surface area contributed by atoms with Crippen molar-refractivity contribution < 1.29 is 24.5 Å². The Kier molecular flexibility index (Phi) is 8.24. The van der Waals surface area contributed by atoms with Gasteiger partial charge in [0.15, 0.2) is 0 Å². The maximum Gasteiger partial charge on any atom is 0.120 e. The molecule has 43 heavy (non-hydrogen) atoms. The average Bonchev–Trinajstić information content (AvgIpc) is 3.45. The van der Waals surface area contributed by atoms with Gasteiger partial charge in [0, 0.05) is 37.9 Å². The van der Waals surface area contributed by atoms with E-state index < -0.39 is 0 Å². The van der Waals surface area contributed by atoms with Gasteiger partial charge < -0.3 is 14.4 Å². The molecule has 0 amide bonds. The molecular weight excluding hydrogens is 705 g/mol. The minimum absolute atomic E-state index is 0. The van der Waals surface area contributed by atoms with E-state index in [1.165, 1.54) is 21.9 Å². The summed E-state index contributed by atoms with van der Waals surface area (Å²) < 4.78 is 6.18. The molecule has 0 saturated carbocycles. The number of benzene rings is 5. The standard InChI is InChI=1S/C28H18NO.C11H8N.Ir/c1-18-9-10-19-11-12-20(16-22(19)15-18)21-13-14-29-26(17-21)25-7-4-6-24-23-5-2-3-8-27(23)30-28(24)25;1-2-6-10(7-3-1)11-8-4-5-9-12-11;/h2-6,8-17H,1H3;1-6,8-9H;/q2*-1;. The Morgan fingerprint density at radius 1 is 0.581 bits per heavy atom. The molecule has 3 heterocycles. The van der Waals surface area contributed by atoms with Crippen LogP contribution in [0.2, 0.25) is 0 Å². The van der Waals surface area contributed by atoms with Crippen LogP contribution in [0.3, 0.4) is 0 Å². The third kappa shape index (κ3) is 5.89. The number of pyridine rings is 2. The van der Waals surface area contributed by atoms with Crippen LogP contribution in [-0.2, 0) is 20.1 Å². The van der Waals surface area contributed by atoms with Gasteiger partial charge >= 0.3 is 0 Å². The maximum atomic E-state index is 6.18. The van der Waals surface area contributed by atoms with Crippen LogP contribution in [0.15, 0.2) is 144 Å². The van der Waals surface area contributed by atoms with Crippen LogP contribution >= 0.6 is 0 Å². The van der Waals surface area contributed by atoms with E-state index in [0.29, 0.717) is 0 Å². The van der Waals surface area contributed by atoms with Gasteiger partial charge in [-0.15, -0.1) is 54.1 Å². The SMILES string of the molecule is Cc1ccc2ccc(-c3ccnc(-c4[c-]ccc5c4oc4ccccc45)c3)cc2c1.[Ir].[c-]1ccccc1-c1ccccn1. The van der Waals surface area contributed by atoms with E-state index in [4.69, 9.17) is 4.42 Å². The van der Waals surface area contributed by atoms with E-state index in [1.54, 1.807) is 6.20 Å². The molecule has 3 aromatic heterocycles. The summed E-state index contributed by atoms with van der Waals surface area (Å²) in [4.78, 5) is 8.86. The fourth-order valence-corrected chi connectivity index (χ4v) is 5.25. The van der Waals surface area contributed by atoms with Crippen LogP contribution in [0.4, 0.5) is 0 Å². The zero-order chi connectivity index (χ0) is 28.3. The first kappa shape index (κ1) is 28.2. The van der Waals surface area contributed by atoms with Gasteiger partial charge in [-0.2, -0.15) is 0 Å². The van der Waals surface area contributed by atoms with Gasteiger partial charge in [0.25, 0.3) is 0 Å². The number of nitrogens with zero attached hydrogens (tertiary/aromatic N) is 2. The van der Waals surface area contributed by atoms with Crippen LogP contribution in [0.5, 0.6) is 0 Å². The van der Waals surface area contributed by atoms with Gasteiger partial charge in [-0.05, 0) is 64.5 Å². The molecular formula is C39H26IrN2O-2. The Hall–Kier alpha value is -4.89. The van der Waals surface area contributed by atoms with Crippen molar-refractivity contribution in [3.63, 3.8) is 0 Å². The number of hydrogen-bond acceptors (Lipinski definition) is 3. The maximum absolute atomic E-state index is 6.18. The summed E-state index contributed by atoms with van der Waals surface area (Å²) in [5.74, 6) is 0. The van der Waals surface area contributed by atoms with Crippen molar-refractivity contribution in [3.05, 3.63) is 157 Å². The third-order valence-corrected chi connectivity index (χ3v) is 7.33. The second-order valence-corrected chi connectivity index (χ2v) is 10.2. The van der Waals surface area contributed by atoms with Crippen molar-refractivity contribution in [2.75, 3.05) is 0 Å². The Bertz CT molecular complexity index is 2120. The number of aromatic nitrogens is 2. The molecule has 0 bridgehead atoms. The molecule has 8 aromatic rings. The predicted octanol–water partition coefficient (Wildman–Crippen LogP) is 10.1. The van der Waals surface area contributed by atoms with E-state index in [-0.39, 0.29) is 20.1 Å². The van der Waals surface area contributed by atoms with Crippen LogP contribution in [0.25, 0.3) is 66.4 Å². The number of rotatable bonds is 3. The Balaban J connectivity index is 0.000000213. The van der Waals surface area contributed by atoms with Crippen molar-refractivity contribution in [3.8, 4) is 33.6 Å². The van der Waals surface area contributed by atoms with Crippen LogP contribution < -0.4 is 0 Å². The molecule has 3 nitrogen and oxygen atoms in total. The number of aryl methyl sites for hydroxylation is 1. The molecule has 209 valence electrons. The van der Waals surface area contributed by atoms with Crippen LogP contribution in [0, 0.1) is 19.1 Å². The first-order chi connectivity index (χ1) is 20.7. The summed E-state index contributed by atoms with van der Waals surface area (Å²) in [5.41, 5.74) is 9.05. The van der Waals surface area contributed by atoms with E-state index >= 15 is 0 Å². The summed E-state index contributed by atoms with van der Waals surface area (Å²) >= 11 is 0. The first-order valence-corrected chi connectivity index (χ1v) is 13.9. The van der Waals surface area contributed by atoms with E-state index in [9.17, 15) is 0 Å². The zero-order valence-electron chi connectivity index (χ0n) is 23.4. The van der Waals surface area contributed by atoms with E-state index in [2.05, 4.69) is 89.7 Å². The average molecular weight is 731 g/mol. The smallest absolute Gasteiger partial charge is 0.120 e. The van der Waals surface area contributed by atoms with Crippen molar-refractivity contribution in [1.82, 2.24) is 9.97 Å². The summed E-state index contributed by atoms with van der Waals surface area (Å²) in [6, 6.07) is 49.6. The largest absolute Gasteiger partial charge is 0.501 e. The number of hydrogen-bond donors (Lipinski definition) is 0. The molecule has 5 aromatic carbocycles. The molecule has 0 aliphatic heterocycles. The molecule has 0 spiro atoms. The van der Waals surface area contributed by atoms with Gasteiger partial charge in [0.1, 0.15) is 5.58 Å². The first-order valence-electron chi connectivity index (χ1n) is 13.9. The number of furan rings is 1. The van der Waals surface area contributed by atoms with Crippen molar-refractivity contribution in [2.24, 2.45) is 0 Å². The molecule has 8 rings (SSSR count). The fourth-order valence-electron chi connectivity index (χ4n) is 5.25. The minimum atomic E-state index is 0. The molecule has 0 saturated heterocycles. The summed E-state index contributed by atoms with van der Waals surface area (Å²) in [6.45, 7) is 2.13. The third-order valence-electron chi connectivity index (χ3n) is 7.33. The number of fused-ring (bicyclic) bond motifs is 4. The zero-order valence-corrected chi connectivity index (χ0v) is 25.8. The second-order valence-electron chi connectivity index (χ2n) is 10.2. The molecule has 0 aliphatic carbocycles. The minimum Gasteiger partial charge on any atom is -0.501 e. The fraction of sp³-hybridized carbons (Fsp3) is 0.0256.